The van der Waals surface area contributed by atoms with Crippen molar-refractivity contribution in [3.8, 4) is 21.4 Å². The first-order valence-electron chi connectivity index (χ1n) is 8.78. The summed E-state index contributed by atoms with van der Waals surface area (Å²) in [6, 6.07) is 12.0. The van der Waals surface area contributed by atoms with E-state index in [1.165, 1.54) is 6.07 Å². The molecule has 0 saturated carbocycles. The van der Waals surface area contributed by atoms with E-state index in [1.54, 1.807) is 42.1 Å². The molecule has 28 heavy (non-hydrogen) atoms. The minimum absolute atomic E-state index is 0.240. The number of hydrogen-bond donors (Lipinski definition) is 1. The van der Waals surface area contributed by atoms with Gasteiger partial charge in [0.2, 0.25) is 0 Å². The van der Waals surface area contributed by atoms with E-state index < -0.39 is 0 Å². The number of rotatable bonds is 4. The first-order valence-corrected chi connectivity index (χ1v) is 10.5. The second-order valence-corrected chi connectivity index (χ2v) is 8.67. The summed E-state index contributed by atoms with van der Waals surface area (Å²) in [6.45, 7) is 0. The normalized spacial score (nSPS) is 13.8. The van der Waals surface area contributed by atoms with Gasteiger partial charge in [0.25, 0.3) is 0 Å². The summed E-state index contributed by atoms with van der Waals surface area (Å²) < 4.78 is 31.1. The average molecular weight is 444 g/mol. The molecular weight excluding hydrogens is 427 g/mol. The van der Waals surface area contributed by atoms with Crippen LogP contribution in [0.1, 0.15) is 22.1 Å². The standard InChI is InChI=1S/C21H17F2N3OSe/c1-26-18(12-17(25-26)13-6-2-3-7-14(13)22)19-10-11-20(28-19)21(27)24-16-9-5-4-8-15(16)23/h2-3,5-7,9-12H,4,8H2,1H3,(H,24,27). The SMILES string of the molecule is Cn1nc(-c2ccccc2F)cc1-c1ccc(C(=O)NC2=C(F)CCC=C2)[se]1. The van der Waals surface area contributed by atoms with Crippen LogP contribution in [0.25, 0.3) is 21.4 Å². The third-order valence-corrected chi connectivity index (χ3v) is 6.79. The molecule has 0 radical (unpaired) electrons. The number of nitrogens with one attached hydrogen (secondary N) is 1. The molecule has 0 spiro atoms. The number of allylic oxidation sites excluding steroid dienone is 3. The number of benzene rings is 1. The van der Waals surface area contributed by atoms with Crippen molar-refractivity contribution in [1.29, 1.82) is 0 Å². The molecule has 3 aromatic rings. The number of carbonyl (C=O) groups excluding carboxylic acids is 1. The average Bonchev–Trinajstić information content (AvgIpc) is 3.31. The molecule has 1 aliphatic carbocycles. The Hall–Kier alpha value is -2.76. The van der Waals surface area contributed by atoms with E-state index in [-0.39, 0.29) is 37.8 Å². The fourth-order valence-corrected chi connectivity index (χ4v) is 5.02. The zero-order valence-corrected chi connectivity index (χ0v) is 16.8. The molecule has 4 rings (SSSR count). The molecule has 1 amide bonds. The summed E-state index contributed by atoms with van der Waals surface area (Å²) in [6.07, 6.45) is 4.41. The number of halogens is 2. The minimum atomic E-state index is -0.327. The van der Waals surface area contributed by atoms with Crippen molar-refractivity contribution in [2.45, 2.75) is 12.8 Å². The molecule has 0 unspecified atom stereocenters. The van der Waals surface area contributed by atoms with E-state index in [2.05, 4.69) is 10.4 Å². The van der Waals surface area contributed by atoms with Crippen LogP contribution in [-0.2, 0) is 7.05 Å². The quantitative estimate of drug-likeness (QED) is 0.613. The third-order valence-electron chi connectivity index (χ3n) is 4.47. The van der Waals surface area contributed by atoms with Crippen LogP contribution in [0.5, 0.6) is 0 Å². The molecule has 1 aromatic carbocycles. The number of aryl methyl sites for hydroxylation is 1. The van der Waals surface area contributed by atoms with Crippen LogP contribution in [0.3, 0.4) is 0 Å². The van der Waals surface area contributed by atoms with Gasteiger partial charge in [0.1, 0.15) is 0 Å². The number of aromatic nitrogens is 2. The van der Waals surface area contributed by atoms with Crippen LogP contribution in [-0.4, -0.2) is 30.2 Å². The number of nitrogens with zero attached hydrogens (tertiary/aromatic N) is 2. The summed E-state index contributed by atoms with van der Waals surface area (Å²) in [4.78, 5) is 12.5. The van der Waals surface area contributed by atoms with Crippen molar-refractivity contribution < 1.29 is 13.6 Å². The molecule has 0 saturated heterocycles. The maximum atomic E-state index is 14.1. The molecule has 1 N–H and O–H groups in total. The topological polar surface area (TPSA) is 46.9 Å². The Morgan fingerprint density at radius 3 is 2.82 bits per heavy atom. The Balaban J connectivity index is 1.59. The molecule has 0 atom stereocenters. The van der Waals surface area contributed by atoms with Crippen molar-refractivity contribution in [2.75, 3.05) is 0 Å². The van der Waals surface area contributed by atoms with Crippen molar-refractivity contribution in [2.24, 2.45) is 7.05 Å². The monoisotopic (exact) mass is 445 g/mol. The molecule has 2 aromatic heterocycles. The van der Waals surface area contributed by atoms with Gasteiger partial charge < -0.3 is 0 Å². The van der Waals surface area contributed by atoms with Crippen molar-refractivity contribution in [3.05, 3.63) is 76.4 Å². The van der Waals surface area contributed by atoms with E-state index in [4.69, 9.17) is 0 Å². The molecule has 2 heterocycles. The summed E-state index contributed by atoms with van der Waals surface area (Å²) in [5.41, 5.74) is 2.06. The van der Waals surface area contributed by atoms with E-state index in [0.29, 0.717) is 28.5 Å². The van der Waals surface area contributed by atoms with Gasteiger partial charge in [-0.05, 0) is 0 Å². The van der Waals surface area contributed by atoms with Gasteiger partial charge in [0.05, 0.1) is 0 Å². The second-order valence-electron chi connectivity index (χ2n) is 6.40. The summed E-state index contributed by atoms with van der Waals surface area (Å²) in [7, 11) is 1.79. The van der Waals surface area contributed by atoms with Gasteiger partial charge in [-0.3, -0.25) is 0 Å². The van der Waals surface area contributed by atoms with Crippen LogP contribution in [0, 0.1) is 5.82 Å². The van der Waals surface area contributed by atoms with Gasteiger partial charge >= 0.3 is 167 Å². The zero-order chi connectivity index (χ0) is 19.7. The fraction of sp³-hybridized carbons (Fsp3) is 0.143. The van der Waals surface area contributed by atoms with Crippen molar-refractivity contribution >= 4 is 20.4 Å². The van der Waals surface area contributed by atoms with E-state index >= 15 is 0 Å². The van der Waals surface area contributed by atoms with Crippen LogP contribution >= 0.6 is 0 Å². The van der Waals surface area contributed by atoms with Gasteiger partial charge in [-0.2, -0.15) is 0 Å². The van der Waals surface area contributed by atoms with Gasteiger partial charge in [-0.1, -0.05) is 0 Å². The van der Waals surface area contributed by atoms with Crippen molar-refractivity contribution in [1.82, 2.24) is 15.1 Å². The number of hydrogen-bond acceptors (Lipinski definition) is 2. The first kappa shape index (κ1) is 18.6. The molecule has 4 nitrogen and oxygen atoms in total. The molecule has 1 aliphatic rings. The second kappa shape index (κ2) is 7.70. The molecule has 0 fully saturated rings. The third kappa shape index (κ3) is 3.63. The molecule has 0 bridgehead atoms. The van der Waals surface area contributed by atoms with Gasteiger partial charge in [-0.25, -0.2) is 0 Å². The first-order chi connectivity index (χ1) is 13.5. The van der Waals surface area contributed by atoms with Crippen LogP contribution in [0.4, 0.5) is 8.78 Å². The van der Waals surface area contributed by atoms with E-state index in [1.807, 2.05) is 18.2 Å². The molecular formula is C21H17F2N3OSe. The Labute approximate surface area is 166 Å². The Kier molecular flexibility index (Phi) is 5.11. The van der Waals surface area contributed by atoms with Gasteiger partial charge in [0.15, 0.2) is 0 Å². The molecule has 142 valence electrons. The summed E-state index contributed by atoms with van der Waals surface area (Å²) in [5.74, 6) is -0.914. The van der Waals surface area contributed by atoms with E-state index in [9.17, 15) is 13.6 Å². The number of amides is 1. The Morgan fingerprint density at radius 1 is 1.21 bits per heavy atom. The predicted octanol–water partition coefficient (Wildman–Crippen LogP) is 4.21. The summed E-state index contributed by atoms with van der Waals surface area (Å²) >= 11 is -0.250. The zero-order valence-electron chi connectivity index (χ0n) is 15.1. The summed E-state index contributed by atoms with van der Waals surface area (Å²) in [5, 5.41) is 7.07. The molecule has 0 aliphatic heterocycles. The van der Waals surface area contributed by atoms with Crippen LogP contribution < -0.4 is 5.32 Å². The van der Waals surface area contributed by atoms with Gasteiger partial charge in [0, 0.05) is 0 Å². The van der Waals surface area contributed by atoms with Crippen LogP contribution in [0.2, 0.25) is 0 Å². The van der Waals surface area contributed by atoms with Crippen LogP contribution in [0.15, 0.2) is 66.1 Å². The number of carbonyl (C=O) groups is 1. The Bertz CT molecular complexity index is 1110. The predicted molar refractivity (Wildman–Crippen MR) is 105 cm³/mol. The van der Waals surface area contributed by atoms with Gasteiger partial charge in [-0.15, -0.1) is 0 Å². The molecule has 7 heteroatoms. The fourth-order valence-electron chi connectivity index (χ4n) is 3.03. The Morgan fingerprint density at radius 2 is 2.04 bits per heavy atom. The maximum absolute atomic E-state index is 14.1. The van der Waals surface area contributed by atoms with E-state index in [0.717, 1.165) is 10.1 Å². The van der Waals surface area contributed by atoms with Crippen molar-refractivity contribution in [3.63, 3.8) is 0 Å².